The van der Waals surface area contributed by atoms with Gasteiger partial charge in [0.05, 0.1) is 0 Å². The normalized spacial score (nSPS) is 14.2. The Labute approximate surface area is 169 Å². The Kier molecular flexibility index (Phi) is 5.53. The molecule has 1 aliphatic heterocycles. The van der Waals surface area contributed by atoms with Crippen LogP contribution in [0.25, 0.3) is 0 Å². The van der Waals surface area contributed by atoms with Gasteiger partial charge in [0.15, 0.2) is 0 Å². The van der Waals surface area contributed by atoms with E-state index in [1.165, 1.54) is 22.7 Å². The first-order valence-electron chi connectivity index (χ1n) is 9.41. The molecule has 0 atom stereocenters. The molecule has 1 N–H and O–H groups in total. The van der Waals surface area contributed by atoms with E-state index in [1.807, 2.05) is 54.3 Å². The molecule has 3 aromatic rings. The van der Waals surface area contributed by atoms with Crippen LogP contribution in [-0.2, 0) is 6.42 Å². The summed E-state index contributed by atoms with van der Waals surface area (Å²) in [7, 11) is 0. The average Bonchev–Trinajstić information content (AvgIpc) is 3.19. The Morgan fingerprint density at radius 3 is 2.46 bits per heavy atom. The van der Waals surface area contributed by atoms with Gasteiger partial charge in [0, 0.05) is 49.8 Å². The summed E-state index contributed by atoms with van der Waals surface area (Å²) >= 11 is 1.43. The van der Waals surface area contributed by atoms with E-state index in [2.05, 4.69) is 31.7 Å². The molecule has 0 aliphatic carbocycles. The Morgan fingerprint density at radius 2 is 1.75 bits per heavy atom. The van der Waals surface area contributed by atoms with Crippen molar-refractivity contribution < 1.29 is 4.79 Å². The number of nitrogens with one attached hydrogen (secondary N) is 1. The molecule has 0 radical (unpaired) electrons. The summed E-state index contributed by atoms with van der Waals surface area (Å²) in [5.41, 5.74) is 3.22. The van der Waals surface area contributed by atoms with Gasteiger partial charge in [0.1, 0.15) is 5.82 Å². The highest BCUT2D eigenvalue weighted by atomic mass is 32.1. The van der Waals surface area contributed by atoms with E-state index in [9.17, 15) is 4.79 Å². The van der Waals surface area contributed by atoms with Gasteiger partial charge in [-0.05, 0) is 24.6 Å². The highest BCUT2D eigenvalue weighted by molar-refractivity contribution is 7.09. The molecule has 144 valence electrons. The lowest BCUT2D eigenvalue weighted by Gasteiger charge is -2.34. The number of aromatic nitrogens is 2. The number of aryl methyl sites for hydroxylation is 1. The lowest BCUT2D eigenvalue weighted by molar-refractivity contribution is 0.208. The van der Waals surface area contributed by atoms with Crippen LogP contribution in [0.2, 0.25) is 0 Å². The molecule has 0 spiro atoms. The lowest BCUT2D eigenvalue weighted by Crippen LogP contribution is -2.50. The van der Waals surface area contributed by atoms with Gasteiger partial charge in [-0.1, -0.05) is 48.0 Å². The van der Waals surface area contributed by atoms with Gasteiger partial charge in [-0.3, -0.25) is 0 Å². The molecule has 0 bridgehead atoms. The number of urea groups is 1. The molecule has 4 rings (SSSR count). The fourth-order valence-corrected chi connectivity index (χ4v) is 3.90. The third-order valence-electron chi connectivity index (χ3n) is 4.80. The Hall–Kier alpha value is -2.93. The smallest absolute Gasteiger partial charge is 0.321 e. The molecule has 0 unspecified atom stereocenters. The van der Waals surface area contributed by atoms with E-state index in [-0.39, 0.29) is 6.03 Å². The molecule has 2 amide bonds. The van der Waals surface area contributed by atoms with Crippen LogP contribution < -0.4 is 10.2 Å². The molecule has 7 heteroatoms. The topological polar surface area (TPSA) is 61.4 Å². The number of carbonyl (C=O) groups excluding carboxylic acids is 1. The SMILES string of the molecule is Cc1ccc(NC(=O)N2CCN(c3nc(Cc4ccccc4)ns3)CC2)cc1. The van der Waals surface area contributed by atoms with E-state index in [0.29, 0.717) is 13.1 Å². The molecule has 1 saturated heterocycles. The van der Waals surface area contributed by atoms with Crippen LogP contribution in [0.1, 0.15) is 17.0 Å². The summed E-state index contributed by atoms with van der Waals surface area (Å²) < 4.78 is 4.50. The highest BCUT2D eigenvalue weighted by Gasteiger charge is 2.23. The first-order valence-corrected chi connectivity index (χ1v) is 10.2. The van der Waals surface area contributed by atoms with Gasteiger partial charge in [-0.2, -0.15) is 4.37 Å². The van der Waals surface area contributed by atoms with E-state index in [4.69, 9.17) is 0 Å². The molecular formula is C21H23N5OS. The average molecular weight is 394 g/mol. The predicted molar refractivity (Wildman–Crippen MR) is 113 cm³/mol. The Morgan fingerprint density at radius 1 is 1.04 bits per heavy atom. The monoisotopic (exact) mass is 393 g/mol. The zero-order valence-electron chi connectivity index (χ0n) is 15.8. The fourth-order valence-electron chi connectivity index (χ4n) is 3.16. The van der Waals surface area contributed by atoms with Crippen LogP contribution in [0.4, 0.5) is 15.6 Å². The van der Waals surface area contributed by atoms with Crippen molar-refractivity contribution in [1.29, 1.82) is 0 Å². The largest absolute Gasteiger partial charge is 0.343 e. The summed E-state index contributed by atoms with van der Waals surface area (Å²) in [5, 5.41) is 3.90. The number of benzene rings is 2. The van der Waals surface area contributed by atoms with Crippen molar-refractivity contribution in [2.24, 2.45) is 0 Å². The number of hydrogen-bond acceptors (Lipinski definition) is 5. The number of hydrogen-bond donors (Lipinski definition) is 1. The van der Waals surface area contributed by atoms with Gasteiger partial charge < -0.3 is 15.1 Å². The summed E-state index contributed by atoms with van der Waals surface area (Å²) in [6, 6.07) is 18.1. The molecule has 1 aromatic heterocycles. The van der Waals surface area contributed by atoms with Crippen molar-refractivity contribution in [3.63, 3.8) is 0 Å². The van der Waals surface area contributed by atoms with Gasteiger partial charge in [-0.15, -0.1) is 0 Å². The van der Waals surface area contributed by atoms with Crippen molar-refractivity contribution in [2.75, 3.05) is 36.4 Å². The maximum absolute atomic E-state index is 12.5. The van der Waals surface area contributed by atoms with Gasteiger partial charge >= 0.3 is 6.03 Å². The van der Waals surface area contributed by atoms with Crippen LogP contribution in [0.5, 0.6) is 0 Å². The number of carbonyl (C=O) groups is 1. The minimum absolute atomic E-state index is 0.0504. The second kappa shape index (κ2) is 8.39. The van der Waals surface area contributed by atoms with E-state index in [1.54, 1.807) is 0 Å². The first-order chi connectivity index (χ1) is 13.7. The molecule has 0 saturated carbocycles. The van der Waals surface area contributed by atoms with Crippen molar-refractivity contribution in [1.82, 2.24) is 14.3 Å². The van der Waals surface area contributed by atoms with Crippen molar-refractivity contribution >= 4 is 28.4 Å². The predicted octanol–water partition coefficient (Wildman–Crippen LogP) is 3.79. The molecule has 1 fully saturated rings. The maximum atomic E-state index is 12.5. The van der Waals surface area contributed by atoms with E-state index >= 15 is 0 Å². The first kappa shape index (κ1) is 18.4. The van der Waals surface area contributed by atoms with E-state index < -0.39 is 0 Å². The zero-order chi connectivity index (χ0) is 19.3. The summed E-state index contributed by atoms with van der Waals surface area (Å²) in [4.78, 5) is 21.2. The summed E-state index contributed by atoms with van der Waals surface area (Å²) in [6.45, 7) is 4.91. The van der Waals surface area contributed by atoms with E-state index in [0.717, 1.165) is 36.2 Å². The minimum atomic E-state index is -0.0504. The Balaban J connectivity index is 1.30. The minimum Gasteiger partial charge on any atom is -0.343 e. The van der Waals surface area contributed by atoms with Crippen molar-refractivity contribution in [2.45, 2.75) is 13.3 Å². The molecule has 2 heterocycles. The van der Waals surface area contributed by atoms with Crippen molar-refractivity contribution in [3.05, 3.63) is 71.5 Å². The number of piperazine rings is 1. The van der Waals surface area contributed by atoms with Gasteiger partial charge in [0.2, 0.25) is 5.13 Å². The van der Waals surface area contributed by atoms with Crippen LogP contribution in [0, 0.1) is 6.92 Å². The number of amides is 2. The van der Waals surface area contributed by atoms with Crippen LogP contribution in [-0.4, -0.2) is 46.5 Å². The van der Waals surface area contributed by atoms with Crippen LogP contribution in [0.3, 0.4) is 0 Å². The number of nitrogens with zero attached hydrogens (tertiary/aromatic N) is 4. The molecule has 2 aromatic carbocycles. The number of anilines is 2. The van der Waals surface area contributed by atoms with Crippen molar-refractivity contribution in [3.8, 4) is 0 Å². The lowest BCUT2D eigenvalue weighted by atomic mass is 10.1. The Bertz CT molecular complexity index is 917. The summed E-state index contributed by atoms with van der Waals surface area (Å²) in [6.07, 6.45) is 0.746. The van der Waals surface area contributed by atoms with Crippen LogP contribution >= 0.6 is 11.5 Å². The third kappa shape index (κ3) is 4.48. The van der Waals surface area contributed by atoms with Gasteiger partial charge in [-0.25, -0.2) is 9.78 Å². The molecule has 1 aliphatic rings. The fraction of sp³-hybridized carbons (Fsp3) is 0.286. The second-order valence-corrected chi connectivity index (χ2v) is 7.66. The quantitative estimate of drug-likeness (QED) is 0.733. The van der Waals surface area contributed by atoms with Gasteiger partial charge in [0.25, 0.3) is 0 Å². The molecule has 28 heavy (non-hydrogen) atoms. The molecule has 6 nitrogen and oxygen atoms in total. The highest BCUT2D eigenvalue weighted by Crippen LogP contribution is 2.21. The molecular weight excluding hydrogens is 370 g/mol. The second-order valence-electron chi connectivity index (χ2n) is 6.93. The maximum Gasteiger partial charge on any atom is 0.321 e. The van der Waals surface area contributed by atoms with Crippen LogP contribution in [0.15, 0.2) is 54.6 Å². The standard InChI is InChI=1S/C21H23N5OS/c1-16-7-9-18(10-8-16)22-20(27)25-11-13-26(14-12-25)21-23-19(24-28-21)15-17-5-3-2-4-6-17/h2-10H,11-15H2,1H3,(H,22,27). The summed E-state index contributed by atoms with van der Waals surface area (Å²) in [5.74, 6) is 0.853. The zero-order valence-corrected chi connectivity index (χ0v) is 16.7. The number of rotatable bonds is 4. The third-order valence-corrected chi connectivity index (χ3v) is 5.62.